The summed E-state index contributed by atoms with van der Waals surface area (Å²) in [5.41, 5.74) is 0. The third-order valence-electron chi connectivity index (χ3n) is 1.22. The summed E-state index contributed by atoms with van der Waals surface area (Å²) in [5.74, 6) is -0.268. The zero-order valence-electron chi connectivity index (χ0n) is 5.59. The van der Waals surface area contributed by atoms with Crippen molar-refractivity contribution in [1.29, 1.82) is 0 Å². The van der Waals surface area contributed by atoms with Crippen LogP contribution in [0.4, 0.5) is 0 Å². The zero-order valence-corrected chi connectivity index (χ0v) is 5.59. The lowest BCUT2D eigenvalue weighted by Gasteiger charge is -1.91. The molecular weight excluding hydrogens is 120 g/mol. The molecule has 52 valence electrons. The van der Waals surface area contributed by atoms with Crippen molar-refractivity contribution in [3.63, 3.8) is 0 Å². The van der Waals surface area contributed by atoms with Crippen molar-refractivity contribution >= 4 is 5.97 Å². The van der Waals surface area contributed by atoms with Gasteiger partial charge in [0.15, 0.2) is 0 Å². The van der Waals surface area contributed by atoms with Crippen LogP contribution in [0.5, 0.6) is 0 Å². The van der Waals surface area contributed by atoms with Crippen molar-refractivity contribution < 1.29 is 14.3 Å². The summed E-state index contributed by atoms with van der Waals surface area (Å²) in [5, 5.41) is 0. The molecule has 3 heteroatoms. The summed E-state index contributed by atoms with van der Waals surface area (Å²) in [6.07, 6.45) is 0.833. The fourth-order valence-corrected chi connectivity index (χ4v) is 0.683. The molecule has 1 aliphatic heterocycles. The first kappa shape index (κ1) is 6.55. The summed E-state index contributed by atoms with van der Waals surface area (Å²) >= 11 is 0. The highest BCUT2D eigenvalue weighted by atomic mass is 16.8. The molecule has 2 unspecified atom stereocenters. The van der Waals surface area contributed by atoms with Crippen molar-refractivity contribution in [2.75, 3.05) is 0 Å². The quantitative estimate of drug-likeness (QED) is 0.407. The Balaban J connectivity index is 2.12. The number of ether oxygens (including phenoxy) is 2. The van der Waals surface area contributed by atoms with Crippen LogP contribution in [-0.2, 0) is 14.3 Å². The smallest absolute Gasteiger partial charge is 0.305 e. The maximum absolute atomic E-state index is 10.3. The first-order valence-electron chi connectivity index (χ1n) is 3.06. The van der Waals surface area contributed by atoms with E-state index < -0.39 is 0 Å². The van der Waals surface area contributed by atoms with E-state index in [1.165, 1.54) is 6.92 Å². The molecule has 1 rings (SSSR count). The topological polar surface area (TPSA) is 38.8 Å². The molecular formula is C6H10O3. The molecule has 1 fully saturated rings. The lowest BCUT2D eigenvalue weighted by atomic mass is 10.4. The number of carbonyl (C=O) groups is 1. The largest absolute Gasteiger partial charge is 0.433 e. The monoisotopic (exact) mass is 130 g/mol. The molecule has 0 aromatic carbocycles. The van der Waals surface area contributed by atoms with E-state index in [4.69, 9.17) is 9.47 Å². The minimum atomic E-state index is -0.268. The van der Waals surface area contributed by atoms with E-state index in [2.05, 4.69) is 0 Å². The molecule has 2 atom stereocenters. The average Bonchev–Trinajstić information content (AvgIpc) is 2.45. The van der Waals surface area contributed by atoms with Crippen molar-refractivity contribution in [2.24, 2.45) is 0 Å². The average molecular weight is 130 g/mol. The van der Waals surface area contributed by atoms with Gasteiger partial charge in [0.05, 0.1) is 0 Å². The Bertz CT molecular complexity index is 121. The predicted molar refractivity (Wildman–Crippen MR) is 30.7 cm³/mol. The van der Waals surface area contributed by atoms with Crippen LogP contribution in [0.3, 0.4) is 0 Å². The number of rotatable bonds is 2. The van der Waals surface area contributed by atoms with Gasteiger partial charge in [0.25, 0.3) is 0 Å². The van der Waals surface area contributed by atoms with Gasteiger partial charge < -0.3 is 9.47 Å². The number of esters is 1. The molecule has 0 aromatic heterocycles. The van der Waals surface area contributed by atoms with E-state index in [9.17, 15) is 4.79 Å². The summed E-state index contributed by atoms with van der Waals surface area (Å²) in [7, 11) is 0. The van der Waals surface area contributed by atoms with E-state index in [-0.39, 0.29) is 18.4 Å². The van der Waals surface area contributed by atoms with Gasteiger partial charge in [-0.3, -0.25) is 4.79 Å². The van der Waals surface area contributed by atoms with Crippen LogP contribution in [0.15, 0.2) is 0 Å². The second-order valence-corrected chi connectivity index (χ2v) is 2.06. The normalized spacial score (nSPS) is 31.8. The second-order valence-electron chi connectivity index (χ2n) is 2.06. The predicted octanol–water partition coefficient (Wildman–Crippen LogP) is 0.684. The number of carbonyl (C=O) groups excluding carboxylic acids is 1. The molecule has 0 spiro atoms. The van der Waals surface area contributed by atoms with Crippen LogP contribution < -0.4 is 0 Å². The number of hydrogen-bond donors (Lipinski definition) is 0. The van der Waals surface area contributed by atoms with Crippen LogP contribution in [0.1, 0.15) is 20.3 Å². The van der Waals surface area contributed by atoms with E-state index in [1.54, 1.807) is 0 Å². The standard InChI is InChI=1S/C6H10O3/c1-3-5-6(9-5)8-4(2)7/h5-6H,3H2,1-2H3. The minimum absolute atomic E-state index is 0.161. The van der Waals surface area contributed by atoms with Gasteiger partial charge in [-0.2, -0.15) is 0 Å². The summed E-state index contributed by atoms with van der Waals surface area (Å²) in [4.78, 5) is 10.3. The third-order valence-corrected chi connectivity index (χ3v) is 1.22. The Morgan fingerprint density at radius 2 is 2.44 bits per heavy atom. The molecule has 0 N–H and O–H groups in total. The van der Waals surface area contributed by atoms with Crippen molar-refractivity contribution in [1.82, 2.24) is 0 Å². The van der Waals surface area contributed by atoms with Crippen molar-refractivity contribution in [3.05, 3.63) is 0 Å². The summed E-state index contributed by atoms with van der Waals surface area (Å²) in [6, 6.07) is 0. The summed E-state index contributed by atoms with van der Waals surface area (Å²) in [6.45, 7) is 3.38. The van der Waals surface area contributed by atoms with Crippen LogP contribution >= 0.6 is 0 Å². The number of hydrogen-bond acceptors (Lipinski definition) is 3. The first-order chi connectivity index (χ1) is 4.24. The molecule has 3 nitrogen and oxygen atoms in total. The number of epoxide rings is 1. The lowest BCUT2D eigenvalue weighted by molar-refractivity contribution is -0.145. The van der Waals surface area contributed by atoms with Gasteiger partial charge in [0, 0.05) is 6.92 Å². The molecule has 1 aliphatic rings. The maximum Gasteiger partial charge on any atom is 0.305 e. The minimum Gasteiger partial charge on any atom is -0.433 e. The van der Waals surface area contributed by atoms with Gasteiger partial charge >= 0.3 is 5.97 Å². The Labute approximate surface area is 53.9 Å². The van der Waals surface area contributed by atoms with Crippen molar-refractivity contribution in [2.45, 2.75) is 32.7 Å². The molecule has 0 aliphatic carbocycles. The van der Waals surface area contributed by atoms with Crippen LogP contribution in [0.2, 0.25) is 0 Å². The molecule has 0 bridgehead atoms. The third kappa shape index (κ3) is 1.68. The molecule has 0 amide bonds. The Morgan fingerprint density at radius 1 is 1.78 bits per heavy atom. The molecule has 0 radical (unpaired) electrons. The SMILES string of the molecule is CCC1OC1OC(C)=O. The maximum atomic E-state index is 10.3. The lowest BCUT2D eigenvalue weighted by Crippen LogP contribution is -2.04. The molecule has 1 saturated heterocycles. The van der Waals surface area contributed by atoms with Gasteiger partial charge in [-0.25, -0.2) is 0 Å². The van der Waals surface area contributed by atoms with Crippen LogP contribution in [0.25, 0.3) is 0 Å². The highest BCUT2D eigenvalue weighted by Crippen LogP contribution is 2.25. The van der Waals surface area contributed by atoms with Crippen LogP contribution in [0, 0.1) is 0 Å². The fourth-order valence-electron chi connectivity index (χ4n) is 0.683. The Kier molecular flexibility index (Phi) is 1.71. The van der Waals surface area contributed by atoms with Gasteiger partial charge in [0.2, 0.25) is 6.29 Å². The second kappa shape index (κ2) is 2.35. The molecule has 0 saturated carbocycles. The van der Waals surface area contributed by atoms with Crippen LogP contribution in [-0.4, -0.2) is 18.4 Å². The molecule has 9 heavy (non-hydrogen) atoms. The molecule has 1 heterocycles. The van der Waals surface area contributed by atoms with Gasteiger partial charge in [0.1, 0.15) is 6.10 Å². The fraction of sp³-hybridized carbons (Fsp3) is 0.833. The Hall–Kier alpha value is -0.570. The molecule has 0 aromatic rings. The van der Waals surface area contributed by atoms with E-state index in [0.717, 1.165) is 6.42 Å². The van der Waals surface area contributed by atoms with Gasteiger partial charge in [-0.1, -0.05) is 6.92 Å². The first-order valence-corrected chi connectivity index (χ1v) is 3.06. The van der Waals surface area contributed by atoms with Gasteiger partial charge in [-0.05, 0) is 6.42 Å². The van der Waals surface area contributed by atoms with E-state index in [0.29, 0.717) is 0 Å². The van der Waals surface area contributed by atoms with E-state index >= 15 is 0 Å². The highest BCUT2D eigenvalue weighted by molar-refractivity contribution is 5.66. The van der Waals surface area contributed by atoms with Crippen molar-refractivity contribution in [3.8, 4) is 0 Å². The zero-order chi connectivity index (χ0) is 6.85. The van der Waals surface area contributed by atoms with E-state index in [1.807, 2.05) is 6.92 Å². The summed E-state index contributed by atoms with van der Waals surface area (Å²) < 4.78 is 9.64. The Morgan fingerprint density at radius 3 is 2.78 bits per heavy atom. The van der Waals surface area contributed by atoms with Gasteiger partial charge in [-0.15, -0.1) is 0 Å². The highest BCUT2D eigenvalue weighted by Gasteiger charge is 2.40.